The molecule has 0 aromatic heterocycles. The molecule has 2 aromatic rings. The molecule has 45 heavy (non-hydrogen) atoms. The van der Waals surface area contributed by atoms with Crippen molar-refractivity contribution in [2.75, 3.05) is 53.8 Å². The number of piperidine rings is 1. The number of nitrogens with zero attached hydrogens (tertiary/aromatic N) is 2. The number of hydrogen-bond donors (Lipinski definition) is 1. The summed E-state index contributed by atoms with van der Waals surface area (Å²) in [5.41, 5.74) is 1.45. The monoisotopic (exact) mass is 624 g/mol. The van der Waals surface area contributed by atoms with Crippen molar-refractivity contribution >= 4 is 29.3 Å². The van der Waals surface area contributed by atoms with E-state index in [9.17, 15) is 19.2 Å². The Morgan fingerprint density at radius 2 is 1.71 bits per heavy atom. The lowest BCUT2D eigenvalue weighted by Gasteiger charge is -2.36. The molecule has 0 spiro atoms. The van der Waals surface area contributed by atoms with Gasteiger partial charge in [0.05, 0.1) is 35.4 Å². The smallest absolute Gasteiger partial charge is 0.329 e. The number of quaternary nitrogens is 1. The van der Waals surface area contributed by atoms with Crippen LogP contribution in [0.5, 0.6) is 11.5 Å². The fraction of sp³-hybridized carbons (Fsp3) is 0.543. The van der Waals surface area contributed by atoms with Crippen LogP contribution in [0.2, 0.25) is 0 Å². The summed E-state index contributed by atoms with van der Waals surface area (Å²) in [6.07, 6.45) is 2.70. The van der Waals surface area contributed by atoms with Crippen LogP contribution in [0.15, 0.2) is 42.5 Å². The van der Waals surface area contributed by atoms with Crippen LogP contribution < -0.4 is 14.8 Å². The molecule has 1 fully saturated rings. The Labute approximate surface area is 267 Å². The van der Waals surface area contributed by atoms with Crippen molar-refractivity contribution in [3.8, 4) is 11.5 Å². The number of hydrogen-bond acceptors (Lipinski definition) is 7. The van der Waals surface area contributed by atoms with Crippen LogP contribution >= 0.6 is 0 Å². The molecule has 1 aliphatic rings. The maximum atomic E-state index is 13.8. The summed E-state index contributed by atoms with van der Waals surface area (Å²) in [6.45, 7) is 5.99. The van der Waals surface area contributed by atoms with Crippen molar-refractivity contribution < 1.29 is 37.9 Å². The summed E-state index contributed by atoms with van der Waals surface area (Å²) in [6, 6.07) is 12.1. The number of amides is 2. The highest BCUT2D eigenvalue weighted by atomic mass is 16.5. The minimum Gasteiger partial charge on any atom is -0.493 e. The largest absolute Gasteiger partial charge is 0.493 e. The number of esters is 1. The fourth-order valence-corrected chi connectivity index (χ4v) is 5.29. The average molecular weight is 625 g/mol. The summed E-state index contributed by atoms with van der Waals surface area (Å²) in [7, 11) is 8.98. The molecule has 2 amide bonds. The topological polar surface area (TPSA) is 111 Å². The Kier molecular flexibility index (Phi) is 12.2. The van der Waals surface area contributed by atoms with Gasteiger partial charge in [-0.05, 0) is 73.9 Å². The van der Waals surface area contributed by atoms with Gasteiger partial charge in [0, 0.05) is 17.6 Å². The number of aryl methyl sites for hydroxylation is 1. The standard InChI is InChI=1S/C35H49N3O7/c1-9-35(2,3)32(40)33(41)37-20-11-10-15-27(37)34(42)45-28(18-16-24-17-19-29(43-7)30(21-24)44-8)25-13-12-14-26(22-25)36-31(39)23-38(4,5)6/h12-14,17,19,21-22,27-28H,9-11,15-16,18,20,23H2,1-8H3/p+1/t27-,28+/m0/s1. The maximum Gasteiger partial charge on any atom is 0.329 e. The number of benzene rings is 2. The third-order valence-corrected chi connectivity index (χ3v) is 8.29. The van der Waals surface area contributed by atoms with Gasteiger partial charge in [-0.2, -0.15) is 0 Å². The Balaban J connectivity index is 1.89. The minimum absolute atomic E-state index is 0.130. The van der Waals surface area contributed by atoms with E-state index in [1.165, 1.54) is 4.90 Å². The van der Waals surface area contributed by atoms with Crippen molar-refractivity contribution in [2.24, 2.45) is 5.41 Å². The predicted octanol–water partition coefficient (Wildman–Crippen LogP) is 4.95. The van der Waals surface area contributed by atoms with Gasteiger partial charge in [0.1, 0.15) is 12.1 Å². The number of nitrogens with one attached hydrogen (secondary N) is 1. The van der Waals surface area contributed by atoms with Gasteiger partial charge >= 0.3 is 5.97 Å². The Bertz CT molecular complexity index is 1370. The van der Waals surface area contributed by atoms with Crippen LogP contribution in [-0.4, -0.2) is 87.4 Å². The number of anilines is 1. The molecule has 2 atom stereocenters. The SMILES string of the molecule is CCC(C)(C)C(=O)C(=O)N1CCCC[C@H]1C(=O)O[C@H](CCc1ccc(OC)c(OC)c1)c1cccc(NC(=O)C[N+](C)(C)C)c1. The second-order valence-electron chi connectivity index (χ2n) is 13.4. The quantitative estimate of drug-likeness (QED) is 0.180. The van der Waals surface area contributed by atoms with E-state index in [1.54, 1.807) is 34.1 Å². The molecule has 2 aromatic carbocycles. The molecule has 0 saturated carbocycles. The van der Waals surface area contributed by atoms with Gasteiger partial charge in [-0.3, -0.25) is 14.4 Å². The van der Waals surface area contributed by atoms with Gasteiger partial charge < -0.3 is 28.9 Å². The zero-order valence-corrected chi connectivity index (χ0v) is 28.1. The zero-order chi connectivity index (χ0) is 33.4. The normalized spacial score (nSPS) is 16.0. The van der Waals surface area contributed by atoms with Gasteiger partial charge in [-0.15, -0.1) is 0 Å². The van der Waals surface area contributed by atoms with E-state index in [-0.39, 0.29) is 5.91 Å². The van der Waals surface area contributed by atoms with E-state index in [2.05, 4.69) is 5.32 Å². The van der Waals surface area contributed by atoms with Crippen molar-refractivity contribution in [2.45, 2.75) is 71.4 Å². The van der Waals surface area contributed by atoms with Crippen molar-refractivity contribution in [1.82, 2.24) is 4.90 Å². The lowest BCUT2D eigenvalue weighted by molar-refractivity contribution is -0.861. The molecule has 1 saturated heterocycles. The van der Waals surface area contributed by atoms with Crippen molar-refractivity contribution in [3.05, 3.63) is 53.6 Å². The number of Topliss-reactive ketones (excluding diaryl/α,β-unsaturated/α-hetero) is 1. The third kappa shape index (κ3) is 9.78. The first-order chi connectivity index (χ1) is 21.2. The first kappa shape index (κ1) is 35.6. The van der Waals surface area contributed by atoms with Gasteiger partial charge in [0.15, 0.2) is 18.0 Å². The third-order valence-electron chi connectivity index (χ3n) is 8.29. The number of ketones is 1. The number of ether oxygens (including phenoxy) is 3. The fourth-order valence-electron chi connectivity index (χ4n) is 5.29. The molecule has 1 aliphatic heterocycles. The predicted molar refractivity (Wildman–Crippen MR) is 173 cm³/mol. The number of likely N-dealkylation sites (tertiary alicyclic amines) is 1. The molecule has 0 unspecified atom stereocenters. The van der Waals surface area contributed by atoms with Crippen molar-refractivity contribution in [3.63, 3.8) is 0 Å². The van der Waals surface area contributed by atoms with E-state index >= 15 is 0 Å². The summed E-state index contributed by atoms with van der Waals surface area (Å²) in [5.74, 6) is -0.582. The van der Waals surface area contributed by atoms with E-state index in [4.69, 9.17) is 14.2 Å². The average Bonchev–Trinajstić information content (AvgIpc) is 3.01. The maximum absolute atomic E-state index is 13.8. The van der Waals surface area contributed by atoms with E-state index < -0.39 is 35.2 Å². The van der Waals surface area contributed by atoms with Crippen LogP contribution in [0, 0.1) is 5.41 Å². The molecule has 0 radical (unpaired) electrons. The molecule has 1 heterocycles. The summed E-state index contributed by atoms with van der Waals surface area (Å²) in [5, 5.41) is 2.95. The zero-order valence-electron chi connectivity index (χ0n) is 28.1. The molecular weight excluding hydrogens is 574 g/mol. The number of carbonyl (C=O) groups excluding carboxylic acids is 4. The van der Waals surface area contributed by atoms with Gasteiger partial charge in [0.2, 0.25) is 5.78 Å². The highest BCUT2D eigenvalue weighted by Gasteiger charge is 2.41. The second kappa shape index (κ2) is 15.4. The summed E-state index contributed by atoms with van der Waals surface area (Å²) < 4.78 is 17.5. The van der Waals surface area contributed by atoms with Crippen LogP contribution in [0.25, 0.3) is 0 Å². The highest BCUT2D eigenvalue weighted by molar-refractivity contribution is 6.38. The molecule has 10 nitrogen and oxygen atoms in total. The summed E-state index contributed by atoms with van der Waals surface area (Å²) >= 11 is 0. The van der Waals surface area contributed by atoms with Crippen LogP contribution in [-0.2, 0) is 30.3 Å². The molecule has 10 heteroatoms. The Hall–Kier alpha value is -3.92. The van der Waals surface area contributed by atoms with Gasteiger partial charge in [-0.1, -0.05) is 39.0 Å². The van der Waals surface area contributed by atoms with E-state index in [0.717, 1.165) is 12.0 Å². The van der Waals surface area contributed by atoms with Gasteiger partial charge in [-0.25, -0.2) is 4.79 Å². The summed E-state index contributed by atoms with van der Waals surface area (Å²) in [4.78, 5) is 54.3. The molecule has 3 rings (SSSR count). The Morgan fingerprint density at radius 3 is 2.36 bits per heavy atom. The first-order valence-electron chi connectivity index (χ1n) is 15.7. The lowest BCUT2D eigenvalue weighted by atomic mass is 9.84. The molecule has 0 bridgehead atoms. The first-order valence-corrected chi connectivity index (χ1v) is 15.7. The van der Waals surface area contributed by atoms with Crippen LogP contribution in [0.3, 0.4) is 0 Å². The van der Waals surface area contributed by atoms with Gasteiger partial charge in [0.25, 0.3) is 11.8 Å². The van der Waals surface area contributed by atoms with Crippen molar-refractivity contribution in [1.29, 1.82) is 0 Å². The second-order valence-corrected chi connectivity index (χ2v) is 13.4. The minimum atomic E-state index is -0.848. The van der Waals surface area contributed by atoms with Crippen LogP contribution in [0.1, 0.15) is 70.1 Å². The number of carbonyl (C=O) groups is 4. The lowest BCUT2D eigenvalue weighted by Crippen LogP contribution is -2.53. The van der Waals surface area contributed by atoms with Crippen LogP contribution in [0.4, 0.5) is 5.69 Å². The highest BCUT2D eigenvalue weighted by Crippen LogP contribution is 2.32. The molecule has 1 N–H and O–H groups in total. The van der Waals surface area contributed by atoms with E-state index in [1.807, 2.05) is 64.5 Å². The molecular formula is C35H50N3O7+. The number of rotatable bonds is 14. The number of methoxy groups -OCH3 is 2. The molecule has 246 valence electrons. The molecule has 0 aliphatic carbocycles. The van der Waals surface area contributed by atoms with E-state index in [0.29, 0.717) is 72.4 Å². The number of likely N-dealkylation sites (N-methyl/N-ethyl adjacent to an activating group) is 1. The Morgan fingerprint density at radius 1 is 1.00 bits per heavy atom.